The van der Waals surface area contributed by atoms with E-state index in [2.05, 4.69) is 159 Å². The Morgan fingerprint density at radius 1 is 0.345 bits per heavy atom. The third kappa shape index (κ3) is 3.85. The van der Waals surface area contributed by atoms with Gasteiger partial charge in [-0.05, 0) is 112 Å². The van der Waals surface area contributed by atoms with E-state index < -0.39 is 0 Å². The van der Waals surface area contributed by atoms with E-state index in [9.17, 15) is 0 Å². The summed E-state index contributed by atoms with van der Waals surface area (Å²) in [6, 6.07) is 53.0. The summed E-state index contributed by atoms with van der Waals surface area (Å²) in [6.07, 6.45) is 0. The Kier molecular flexibility index (Phi) is 5.42. The van der Waals surface area contributed by atoms with Crippen molar-refractivity contribution in [1.29, 1.82) is 0 Å². The third-order valence-corrected chi connectivity index (χ3v) is 12.5. The van der Waals surface area contributed by atoms with Crippen molar-refractivity contribution in [2.75, 3.05) is 0 Å². The lowest BCUT2D eigenvalue weighted by Crippen LogP contribution is -2.15. The molecule has 4 heterocycles. The summed E-state index contributed by atoms with van der Waals surface area (Å²) in [4.78, 5) is 21.1. The lowest BCUT2D eigenvalue weighted by molar-refractivity contribution is 0.659. The van der Waals surface area contributed by atoms with Crippen LogP contribution in [0.1, 0.15) is 25.0 Å². The Labute approximate surface area is 315 Å². The normalized spacial score (nSPS) is 13.8. The van der Waals surface area contributed by atoms with Crippen LogP contribution in [-0.2, 0) is 5.41 Å². The monoisotopic (exact) mass is 698 g/mol. The molecule has 4 aromatic heterocycles. The largest absolute Gasteiger partial charge is 0.228 e. The summed E-state index contributed by atoms with van der Waals surface area (Å²) in [5, 5.41) is 17.2. The molecule has 1 aliphatic rings. The molecule has 0 saturated heterocycles. The maximum absolute atomic E-state index is 5.31. The molecule has 0 fully saturated rings. The van der Waals surface area contributed by atoms with Crippen LogP contribution in [0.5, 0.6) is 0 Å². The van der Waals surface area contributed by atoms with Crippen molar-refractivity contribution in [2.24, 2.45) is 0 Å². The Bertz CT molecular complexity index is 3370. The van der Waals surface area contributed by atoms with E-state index in [1.54, 1.807) is 0 Å². The predicted molar refractivity (Wildman–Crippen MR) is 228 cm³/mol. The molecule has 0 unspecified atom stereocenters. The molecule has 0 spiro atoms. The average molecular weight is 699 g/mol. The van der Waals surface area contributed by atoms with Crippen LogP contribution in [0.3, 0.4) is 0 Å². The van der Waals surface area contributed by atoms with Gasteiger partial charge in [0, 0.05) is 27.3 Å². The predicted octanol–water partition coefficient (Wildman–Crippen LogP) is 13.0. The summed E-state index contributed by atoms with van der Waals surface area (Å²) < 4.78 is 0. The fraction of sp³-hybridized carbons (Fsp3) is 0.0588. The number of rotatable bonds is 2. The molecule has 13 rings (SSSR count). The zero-order valence-corrected chi connectivity index (χ0v) is 30.1. The maximum Gasteiger partial charge on any atom is 0.160 e. The number of nitrogens with zero attached hydrogens (tertiary/aromatic N) is 4. The highest BCUT2D eigenvalue weighted by Crippen LogP contribution is 2.49. The zero-order valence-electron chi connectivity index (χ0n) is 30.1. The van der Waals surface area contributed by atoms with Gasteiger partial charge < -0.3 is 0 Å². The van der Waals surface area contributed by atoms with Gasteiger partial charge in [-0.3, -0.25) is 0 Å². The summed E-state index contributed by atoms with van der Waals surface area (Å²) in [5.74, 6) is 0. The van der Waals surface area contributed by atoms with E-state index in [4.69, 9.17) is 19.9 Å². The molecule has 1 aliphatic carbocycles. The summed E-state index contributed by atoms with van der Waals surface area (Å²) in [7, 11) is 0. The number of pyridine rings is 4. The molecule has 0 radical (unpaired) electrons. The molecule has 55 heavy (non-hydrogen) atoms. The Morgan fingerprint density at radius 3 is 1.15 bits per heavy atom. The second-order valence-corrected chi connectivity index (χ2v) is 15.8. The number of benzene rings is 8. The van der Waals surface area contributed by atoms with Crippen molar-refractivity contribution < 1.29 is 0 Å². The summed E-state index contributed by atoms with van der Waals surface area (Å²) in [6.45, 7) is 4.55. The lowest BCUT2D eigenvalue weighted by atomic mass is 9.82. The van der Waals surface area contributed by atoms with Crippen molar-refractivity contribution in [1.82, 2.24) is 19.9 Å². The zero-order chi connectivity index (χ0) is 36.2. The van der Waals surface area contributed by atoms with Gasteiger partial charge in [-0.15, -0.1) is 0 Å². The van der Waals surface area contributed by atoms with Crippen LogP contribution in [0.25, 0.3) is 121 Å². The average Bonchev–Trinajstić information content (AvgIpc) is 3.43. The van der Waals surface area contributed by atoms with E-state index in [0.29, 0.717) is 0 Å². The number of fused-ring (bicyclic) bond motifs is 5. The maximum atomic E-state index is 5.31. The van der Waals surface area contributed by atoms with Crippen LogP contribution in [-0.4, -0.2) is 19.9 Å². The Hall–Kier alpha value is -7.04. The van der Waals surface area contributed by atoms with Crippen LogP contribution in [0.4, 0.5) is 0 Å². The molecule has 0 amide bonds. The van der Waals surface area contributed by atoms with Crippen molar-refractivity contribution in [3.05, 3.63) is 157 Å². The smallest absolute Gasteiger partial charge is 0.160 e. The topological polar surface area (TPSA) is 51.6 Å². The summed E-state index contributed by atoms with van der Waals surface area (Å²) in [5.41, 5.74) is 9.36. The van der Waals surface area contributed by atoms with Crippen molar-refractivity contribution in [2.45, 2.75) is 19.3 Å². The number of hydrogen-bond donors (Lipinski definition) is 0. The lowest BCUT2D eigenvalue weighted by Gasteiger charge is -2.21. The van der Waals surface area contributed by atoms with E-state index in [0.717, 1.165) is 56.0 Å². The van der Waals surface area contributed by atoms with E-state index >= 15 is 0 Å². The number of hydrogen-bond acceptors (Lipinski definition) is 4. The Balaban J connectivity index is 0.975. The second kappa shape index (κ2) is 10.1. The molecule has 4 nitrogen and oxygen atoms in total. The molecule has 8 aromatic carbocycles. The summed E-state index contributed by atoms with van der Waals surface area (Å²) >= 11 is 0. The minimum Gasteiger partial charge on any atom is -0.228 e. The molecule has 254 valence electrons. The molecule has 0 bridgehead atoms. The van der Waals surface area contributed by atoms with Gasteiger partial charge in [-0.2, -0.15) is 0 Å². The van der Waals surface area contributed by atoms with Gasteiger partial charge in [-0.25, -0.2) is 19.9 Å². The molecule has 12 aromatic rings. The molecule has 0 atom stereocenters. The first-order valence-corrected chi connectivity index (χ1v) is 19.0. The quantitative estimate of drug-likeness (QED) is 0.169. The fourth-order valence-electron chi connectivity index (χ4n) is 9.78. The fourth-order valence-corrected chi connectivity index (χ4v) is 9.78. The Morgan fingerprint density at radius 2 is 0.709 bits per heavy atom. The van der Waals surface area contributed by atoms with E-state index in [1.807, 2.05) is 0 Å². The van der Waals surface area contributed by atoms with Gasteiger partial charge in [0.1, 0.15) is 0 Å². The molecule has 0 aliphatic heterocycles. The first-order valence-electron chi connectivity index (χ1n) is 19.0. The van der Waals surface area contributed by atoms with Crippen molar-refractivity contribution >= 4 is 86.7 Å². The minimum atomic E-state index is -0.275. The first-order chi connectivity index (χ1) is 27.0. The van der Waals surface area contributed by atoms with Gasteiger partial charge in [0.2, 0.25) is 0 Å². The van der Waals surface area contributed by atoms with Crippen LogP contribution in [0, 0.1) is 0 Å². The third-order valence-electron chi connectivity index (χ3n) is 12.5. The van der Waals surface area contributed by atoms with Crippen LogP contribution in [0.2, 0.25) is 0 Å². The first kappa shape index (κ1) is 29.4. The molecule has 0 N–H and O–H groups in total. The number of aromatic nitrogens is 4. The van der Waals surface area contributed by atoms with Gasteiger partial charge in [0.15, 0.2) is 11.3 Å². The molecule has 4 heteroatoms. The highest BCUT2D eigenvalue weighted by atomic mass is 14.9. The molecule has 0 saturated carbocycles. The van der Waals surface area contributed by atoms with Gasteiger partial charge in [0.05, 0.1) is 22.8 Å². The van der Waals surface area contributed by atoms with E-state index in [-0.39, 0.29) is 5.41 Å². The highest BCUT2D eigenvalue weighted by Gasteiger charge is 2.38. The van der Waals surface area contributed by atoms with Crippen LogP contribution in [0.15, 0.2) is 146 Å². The van der Waals surface area contributed by atoms with Gasteiger partial charge >= 0.3 is 0 Å². The second-order valence-electron chi connectivity index (χ2n) is 15.8. The highest BCUT2D eigenvalue weighted by molar-refractivity contribution is 6.26. The molecular formula is C51H30N4. The standard InChI is InChI=1S/C51H30N4/c1-51(2)39-25-33-17-23-41(35-19-13-31-11-9-27-5-3-7-29-15-21-37(35)45(31)43(27)29)52-49(33)54-47(39)48-40(51)26-34-18-24-42(53-50(34)55-48)36-20-14-32-12-10-28-6-4-8-30-16-22-38(36)46(32)44(28)30/h3-26H,1-2H3. The van der Waals surface area contributed by atoms with Gasteiger partial charge in [0.25, 0.3) is 0 Å². The van der Waals surface area contributed by atoms with Crippen LogP contribution >= 0.6 is 0 Å². The van der Waals surface area contributed by atoms with Crippen LogP contribution < -0.4 is 0 Å². The van der Waals surface area contributed by atoms with E-state index in [1.165, 1.54) is 75.8 Å². The van der Waals surface area contributed by atoms with Gasteiger partial charge in [-0.1, -0.05) is 123 Å². The van der Waals surface area contributed by atoms with Crippen molar-refractivity contribution in [3.8, 4) is 33.9 Å². The molecular weight excluding hydrogens is 669 g/mol. The SMILES string of the molecule is CC1(C)c2cc3ccc(-c4ccc5ccc6cccc7ccc4c5c67)nc3nc2-c2nc3nc(-c4ccc5ccc6cccc7ccc4c5c67)ccc3cc21. The minimum absolute atomic E-state index is 0.275. The van der Waals surface area contributed by atoms with Crippen molar-refractivity contribution in [3.63, 3.8) is 0 Å².